The lowest BCUT2D eigenvalue weighted by atomic mass is 9.76. The van der Waals surface area contributed by atoms with Gasteiger partial charge >= 0.3 is 0 Å². The molecule has 0 radical (unpaired) electrons. The van der Waals surface area contributed by atoms with Crippen molar-refractivity contribution in [2.24, 2.45) is 0 Å². The smallest absolute Gasteiger partial charge is 0.132 e. The van der Waals surface area contributed by atoms with E-state index in [-0.39, 0.29) is 5.92 Å². The molecule has 2 nitrogen and oxygen atoms in total. The standard InChI is InChI=1S/C31H28O.C2H6.CH4O/c1-20-9-5-6-10-22(3)29-27(17-14-20)32-28-18-15-24-11-7-8-12-26(24)30(28)31(29)25-16-13-21(2)19-23(25)4;2*1-2/h5-6,8-10,12-19,31H,1,3,7,11H2,2,4H3;1-2H3;2H,1H3. The number of aliphatic hydroxyl groups excluding tert-OH is 1. The van der Waals surface area contributed by atoms with E-state index in [0.717, 1.165) is 47.5 Å². The molecule has 5 rings (SSSR count). The summed E-state index contributed by atoms with van der Waals surface area (Å²) in [6.07, 6.45) is 6.71. The summed E-state index contributed by atoms with van der Waals surface area (Å²) in [5.41, 5.74) is 8.91. The Kier molecular flexibility index (Phi) is 9.27. The number of hydrogen-bond acceptors (Lipinski definition) is 2. The number of ether oxygens (including phenoxy) is 1. The van der Waals surface area contributed by atoms with Crippen molar-refractivity contribution in [2.45, 2.75) is 46.5 Å². The molecule has 3 aromatic carbocycles. The predicted octanol–water partition coefficient (Wildman–Crippen LogP) is 7.13. The summed E-state index contributed by atoms with van der Waals surface area (Å²) in [7, 11) is 1.00. The van der Waals surface area contributed by atoms with E-state index in [2.05, 4.69) is 75.6 Å². The van der Waals surface area contributed by atoms with Crippen LogP contribution in [0, 0.1) is 13.8 Å². The summed E-state index contributed by atoms with van der Waals surface area (Å²) >= 11 is 0. The minimum atomic E-state index is 0.0468. The molecule has 0 bridgehead atoms. The third-order valence-corrected chi connectivity index (χ3v) is 6.51. The van der Waals surface area contributed by atoms with Gasteiger partial charge in [0.25, 0.3) is 0 Å². The van der Waals surface area contributed by atoms with Crippen LogP contribution in [0.5, 0.6) is 11.5 Å². The third-order valence-electron chi connectivity index (χ3n) is 6.51. The van der Waals surface area contributed by atoms with Gasteiger partial charge in [0, 0.05) is 24.2 Å². The second-order valence-corrected chi connectivity index (χ2v) is 8.82. The average Bonchev–Trinajstić information content (AvgIpc) is 2.91. The van der Waals surface area contributed by atoms with Crippen molar-refractivity contribution < 1.29 is 9.84 Å². The van der Waals surface area contributed by atoms with E-state index >= 15 is 0 Å². The van der Waals surface area contributed by atoms with Crippen LogP contribution in [0.3, 0.4) is 0 Å². The first-order valence-electron chi connectivity index (χ1n) is 12.7. The van der Waals surface area contributed by atoms with E-state index in [9.17, 15) is 0 Å². The number of fused-ring (bicyclic) bond motifs is 4. The third kappa shape index (κ3) is 5.45. The van der Waals surface area contributed by atoms with E-state index in [1.54, 1.807) is 0 Å². The van der Waals surface area contributed by atoms with E-state index in [1.807, 2.05) is 44.2 Å². The Labute approximate surface area is 216 Å². The fraction of sp³-hybridized carbons (Fsp3) is 0.235. The molecule has 1 aliphatic heterocycles. The van der Waals surface area contributed by atoms with Crippen LogP contribution >= 0.6 is 0 Å². The molecular weight excluding hydrogens is 440 g/mol. The molecule has 0 saturated heterocycles. The van der Waals surface area contributed by atoms with Crippen LogP contribution in [-0.2, 0) is 6.42 Å². The molecule has 36 heavy (non-hydrogen) atoms. The molecule has 1 aliphatic carbocycles. The maximum Gasteiger partial charge on any atom is 0.132 e. The van der Waals surface area contributed by atoms with Crippen LogP contribution in [0.15, 0.2) is 72.8 Å². The Hall–Kier alpha value is -3.62. The van der Waals surface area contributed by atoms with Crippen molar-refractivity contribution in [1.82, 2.24) is 0 Å². The summed E-state index contributed by atoms with van der Waals surface area (Å²) < 4.78 is 6.57. The second kappa shape index (κ2) is 12.4. The van der Waals surface area contributed by atoms with Gasteiger partial charge in [0.2, 0.25) is 0 Å². The zero-order chi connectivity index (χ0) is 26.2. The molecule has 0 amide bonds. The second-order valence-electron chi connectivity index (χ2n) is 8.82. The summed E-state index contributed by atoms with van der Waals surface area (Å²) in [5.74, 6) is 1.82. The highest BCUT2D eigenvalue weighted by Crippen LogP contribution is 2.49. The average molecular weight is 479 g/mol. The van der Waals surface area contributed by atoms with Crippen LogP contribution in [-0.4, -0.2) is 12.2 Å². The molecule has 3 aromatic rings. The van der Waals surface area contributed by atoms with Crippen LogP contribution in [0.25, 0.3) is 19.2 Å². The number of benzene rings is 2. The van der Waals surface area contributed by atoms with Crippen LogP contribution < -0.4 is 15.2 Å². The molecule has 0 spiro atoms. The van der Waals surface area contributed by atoms with Gasteiger partial charge in [-0.05, 0) is 71.5 Å². The van der Waals surface area contributed by atoms with Crippen LogP contribution in [0.4, 0.5) is 0 Å². The number of rotatable bonds is 1. The highest BCUT2D eigenvalue weighted by molar-refractivity contribution is 5.71. The summed E-state index contributed by atoms with van der Waals surface area (Å²) in [5, 5.41) is 8.90. The largest absolute Gasteiger partial charge is 0.457 e. The van der Waals surface area contributed by atoms with Gasteiger partial charge in [-0.2, -0.15) is 0 Å². The minimum Gasteiger partial charge on any atom is -0.457 e. The molecule has 186 valence electrons. The molecule has 1 N–H and O–H groups in total. The van der Waals surface area contributed by atoms with Gasteiger partial charge in [0.1, 0.15) is 11.5 Å². The van der Waals surface area contributed by atoms with Crippen molar-refractivity contribution >= 4 is 19.2 Å². The fourth-order valence-electron chi connectivity index (χ4n) is 4.97. The van der Waals surface area contributed by atoms with Crippen molar-refractivity contribution in [3.63, 3.8) is 0 Å². The summed E-state index contributed by atoms with van der Waals surface area (Å²) in [6, 6.07) is 23.3. The number of hydrogen-bond donors (Lipinski definition) is 1. The molecule has 0 saturated carbocycles. The minimum absolute atomic E-state index is 0.0468. The first-order chi connectivity index (χ1) is 17.5. The monoisotopic (exact) mass is 478 g/mol. The fourth-order valence-corrected chi connectivity index (χ4v) is 4.97. The van der Waals surface area contributed by atoms with Gasteiger partial charge in [-0.1, -0.05) is 99.3 Å². The Morgan fingerprint density at radius 3 is 2.28 bits per heavy atom. The highest BCUT2D eigenvalue weighted by Gasteiger charge is 2.32. The predicted molar refractivity (Wildman–Crippen MR) is 155 cm³/mol. The lowest BCUT2D eigenvalue weighted by Gasteiger charge is -2.32. The molecule has 1 unspecified atom stereocenters. The van der Waals surface area contributed by atoms with Gasteiger partial charge < -0.3 is 9.84 Å². The van der Waals surface area contributed by atoms with Crippen LogP contribution in [0.1, 0.15) is 65.1 Å². The first kappa shape index (κ1) is 27.0. The van der Waals surface area contributed by atoms with Crippen molar-refractivity contribution in [2.75, 3.05) is 7.11 Å². The molecule has 2 aliphatic rings. The Balaban J connectivity index is 0.000000861. The van der Waals surface area contributed by atoms with Crippen molar-refractivity contribution in [1.29, 1.82) is 0 Å². The number of allylic oxidation sites excluding steroid dienone is 1. The molecular formula is C34H38O2. The van der Waals surface area contributed by atoms with Crippen LogP contribution in [0.2, 0.25) is 0 Å². The Morgan fingerprint density at radius 2 is 1.53 bits per heavy atom. The van der Waals surface area contributed by atoms with Gasteiger partial charge in [-0.25, -0.2) is 0 Å². The lowest BCUT2D eigenvalue weighted by molar-refractivity contribution is 0.399. The maximum absolute atomic E-state index is 7.00. The first-order valence-corrected chi connectivity index (χ1v) is 12.7. The molecule has 0 aromatic heterocycles. The van der Waals surface area contributed by atoms with Gasteiger partial charge in [0.05, 0.1) is 0 Å². The van der Waals surface area contributed by atoms with Crippen molar-refractivity contribution in [3.8, 4) is 11.5 Å². The Bertz CT molecular complexity index is 1410. The number of aryl methyl sites for hydroxylation is 3. The van der Waals surface area contributed by atoms with E-state index in [4.69, 9.17) is 9.84 Å². The topological polar surface area (TPSA) is 29.5 Å². The highest BCUT2D eigenvalue weighted by atomic mass is 16.5. The van der Waals surface area contributed by atoms with Crippen molar-refractivity contribution in [3.05, 3.63) is 122 Å². The van der Waals surface area contributed by atoms with Gasteiger partial charge in [0.15, 0.2) is 0 Å². The van der Waals surface area contributed by atoms with Gasteiger partial charge in [-0.3, -0.25) is 0 Å². The van der Waals surface area contributed by atoms with E-state index in [1.165, 1.54) is 33.4 Å². The van der Waals surface area contributed by atoms with E-state index in [0.29, 0.717) is 0 Å². The summed E-state index contributed by atoms with van der Waals surface area (Å²) in [4.78, 5) is 0. The quantitative estimate of drug-likeness (QED) is 0.315. The van der Waals surface area contributed by atoms with Gasteiger partial charge in [-0.15, -0.1) is 0 Å². The maximum atomic E-state index is 7.00. The molecule has 1 heterocycles. The summed E-state index contributed by atoms with van der Waals surface area (Å²) in [6.45, 7) is 17.0. The Morgan fingerprint density at radius 1 is 0.833 bits per heavy atom. The molecule has 0 fully saturated rings. The molecule has 2 heteroatoms. The molecule has 1 atom stereocenters. The zero-order valence-electron chi connectivity index (χ0n) is 22.3. The normalized spacial score (nSPS) is 14.2. The number of aliphatic hydroxyl groups is 1. The SMILES string of the molecule is C=c1ccccc(=C)c2c(cc1)Oc1ccc3c(c1C2c1ccc(C)cc1C)C=CCC3.CC.CO. The zero-order valence-corrected chi connectivity index (χ0v) is 22.3. The van der Waals surface area contributed by atoms with E-state index < -0.39 is 0 Å². The lowest BCUT2D eigenvalue weighted by Crippen LogP contribution is -2.21.